The summed E-state index contributed by atoms with van der Waals surface area (Å²) in [6.45, 7) is 0. The smallest absolute Gasteiger partial charge is 0.0623 e. The topological polar surface area (TPSA) is 9.86 Å². The van der Waals surface area contributed by atoms with Gasteiger partial charge in [0.15, 0.2) is 0 Å². The molecule has 0 bridgehead atoms. The van der Waals surface area contributed by atoms with E-state index in [-0.39, 0.29) is 0 Å². The van der Waals surface area contributed by atoms with Crippen LogP contribution in [0.1, 0.15) is 2.74 Å². The van der Waals surface area contributed by atoms with Crippen LogP contribution in [0.15, 0.2) is 230 Å². The number of rotatable bonds is 5. The number of hydrogen-bond donors (Lipinski definition) is 0. The zero-order chi connectivity index (χ0) is 42.5. The second-order valence-electron chi connectivity index (χ2n) is 16.2. The maximum Gasteiger partial charge on any atom is 0.0623 e. The van der Waals surface area contributed by atoms with Gasteiger partial charge in [0.05, 0.1) is 24.8 Å². The summed E-state index contributed by atoms with van der Waals surface area (Å²) in [6.07, 6.45) is 0. The fourth-order valence-corrected chi connectivity index (χ4v) is 10.4. The molecule has 2 heteroatoms. The van der Waals surface area contributed by atoms with Gasteiger partial charge in [0.2, 0.25) is 0 Å². The first-order valence-corrected chi connectivity index (χ1v) is 21.3. The Morgan fingerprint density at radius 1 is 0.274 bits per heavy atom. The molecule has 62 heavy (non-hydrogen) atoms. The van der Waals surface area contributed by atoms with Crippen molar-refractivity contribution in [3.8, 4) is 44.8 Å². The van der Waals surface area contributed by atoms with Gasteiger partial charge in [0, 0.05) is 44.0 Å². The van der Waals surface area contributed by atoms with E-state index in [9.17, 15) is 0 Å². The minimum atomic E-state index is 0.486. The second kappa shape index (κ2) is 13.7. The van der Waals surface area contributed by atoms with Gasteiger partial charge in [-0.15, -0.1) is 0 Å². The summed E-state index contributed by atoms with van der Waals surface area (Å²) in [4.78, 5) is 0. The van der Waals surface area contributed by atoms with Crippen molar-refractivity contribution in [1.82, 2.24) is 9.13 Å². The molecule has 2 nitrogen and oxygen atoms in total. The van der Waals surface area contributed by atoms with E-state index in [2.05, 4.69) is 203 Å². The summed E-state index contributed by atoms with van der Waals surface area (Å²) in [6, 6.07) is 78.9. The molecule has 0 radical (unpaired) electrons. The van der Waals surface area contributed by atoms with E-state index in [1.54, 1.807) is 0 Å². The summed E-state index contributed by atoms with van der Waals surface area (Å²) in [5, 5.41) is 11.7. The third-order valence-electron chi connectivity index (χ3n) is 13.0. The van der Waals surface area contributed by atoms with Crippen molar-refractivity contribution in [3.63, 3.8) is 0 Å². The third-order valence-corrected chi connectivity index (χ3v) is 13.0. The van der Waals surface area contributed by atoms with Crippen LogP contribution in [0.3, 0.4) is 0 Å². The highest BCUT2D eigenvalue weighted by atomic mass is 15.0. The van der Waals surface area contributed by atoms with Crippen molar-refractivity contribution in [1.29, 1.82) is 0 Å². The summed E-state index contributed by atoms with van der Waals surface area (Å²) in [5.41, 5.74) is 13.4. The third kappa shape index (κ3) is 5.04. The molecule has 0 spiro atoms. The van der Waals surface area contributed by atoms with E-state index in [0.29, 0.717) is 12.1 Å². The van der Waals surface area contributed by atoms with Crippen LogP contribution < -0.4 is 0 Å². The number of fused-ring (bicyclic) bond motifs is 9. The summed E-state index contributed by atoms with van der Waals surface area (Å²) in [7, 11) is 0. The van der Waals surface area contributed by atoms with Crippen molar-refractivity contribution < 1.29 is 2.74 Å². The monoisotopic (exact) mass is 788 g/mol. The molecule has 13 aromatic rings. The summed E-state index contributed by atoms with van der Waals surface area (Å²) in [5.74, 6) is 0. The van der Waals surface area contributed by atoms with E-state index in [0.717, 1.165) is 77.2 Å². The Morgan fingerprint density at radius 3 is 1.23 bits per heavy atom. The molecule has 2 heterocycles. The lowest BCUT2D eigenvalue weighted by Gasteiger charge is -2.20. The van der Waals surface area contributed by atoms with Gasteiger partial charge >= 0.3 is 0 Å². The van der Waals surface area contributed by atoms with E-state index in [4.69, 9.17) is 2.74 Å². The van der Waals surface area contributed by atoms with Gasteiger partial charge in [-0.3, -0.25) is 0 Å². The zero-order valence-corrected chi connectivity index (χ0v) is 33.7. The highest BCUT2D eigenvalue weighted by molar-refractivity contribution is 6.25. The molecule has 0 N–H and O–H groups in total. The summed E-state index contributed by atoms with van der Waals surface area (Å²) >= 11 is 0. The van der Waals surface area contributed by atoms with E-state index < -0.39 is 0 Å². The fourth-order valence-electron chi connectivity index (χ4n) is 10.4. The molecule has 0 aliphatic heterocycles. The van der Waals surface area contributed by atoms with Crippen molar-refractivity contribution in [2.75, 3.05) is 0 Å². The Hall–Kier alpha value is -8.20. The SMILES string of the molecule is [2H]c1ccc2c3cccc(-c4cccc5c(-c6cccc7ccccc67)c6cccc(-c7cccc8c9ccc([2H])cc9n(-c9ccccc9)c78)c6cc45)c3n(-c3ccccc3)c2c1. The van der Waals surface area contributed by atoms with Crippen molar-refractivity contribution in [2.45, 2.75) is 0 Å². The van der Waals surface area contributed by atoms with Gasteiger partial charge < -0.3 is 9.13 Å². The maximum absolute atomic E-state index is 8.70. The molecule has 11 aromatic carbocycles. The molecule has 0 atom stereocenters. The van der Waals surface area contributed by atoms with Gasteiger partial charge in [-0.25, -0.2) is 0 Å². The first kappa shape index (κ1) is 32.6. The van der Waals surface area contributed by atoms with Crippen molar-refractivity contribution in [3.05, 3.63) is 230 Å². The second-order valence-corrected chi connectivity index (χ2v) is 16.2. The number of nitrogens with zero attached hydrogens (tertiary/aromatic N) is 2. The van der Waals surface area contributed by atoms with Gasteiger partial charge in [0.1, 0.15) is 0 Å². The van der Waals surface area contributed by atoms with Crippen LogP contribution in [0.25, 0.3) is 121 Å². The van der Waals surface area contributed by atoms with Gasteiger partial charge in [-0.1, -0.05) is 188 Å². The lowest BCUT2D eigenvalue weighted by molar-refractivity contribution is 1.18. The Bertz CT molecular complexity index is 3800. The molecule has 0 saturated heterocycles. The number of hydrogen-bond acceptors (Lipinski definition) is 0. The summed E-state index contributed by atoms with van der Waals surface area (Å²) < 4.78 is 22.1. The Kier molecular flexibility index (Phi) is 7.19. The highest BCUT2D eigenvalue weighted by Crippen LogP contribution is 2.48. The predicted octanol–water partition coefficient (Wildman–Crippen LogP) is 16.3. The van der Waals surface area contributed by atoms with Gasteiger partial charge in [-0.2, -0.15) is 0 Å². The Balaban J connectivity index is 1.20. The van der Waals surface area contributed by atoms with Crippen LogP contribution in [0.2, 0.25) is 0 Å². The van der Waals surface area contributed by atoms with Crippen molar-refractivity contribution >= 4 is 75.9 Å². The highest BCUT2D eigenvalue weighted by Gasteiger charge is 2.23. The lowest BCUT2D eigenvalue weighted by Crippen LogP contribution is -1.97. The van der Waals surface area contributed by atoms with Crippen LogP contribution in [0.4, 0.5) is 0 Å². The Labute approximate surface area is 361 Å². The molecule has 0 saturated carbocycles. The lowest BCUT2D eigenvalue weighted by atomic mass is 9.84. The molecular formula is C60H38N2. The number of para-hydroxylation sites is 6. The molecular weight excluding hydrogens is 749 g/mol. The maximum atomic E-state index is 8.70. The normalized spacial score (nSPS) is 12.3. The largest absolute Gasteiger partial charge is 0.309 e. The Morgan fingerprint density at radius 2 is 0.677 bits per heavy atom. The van der Waals surface area contributed by atoms with Crippen molar-refractivity contribution in [2.24, 2.45) is 0 Å². The van der Waals surface area contributed by atoms with Gasteiger partial charge in [0.25, 0.3) is 0 Å². The molecule has 13 rings (SSSR count). The zero-order valence-electron chi connectivity index (χ0n) is 35.7. The van der Waals surface area contributed by atoms with Crippen LogP contribution in [0, 0.1) is 0 Å². The molecule has 0 fully saturated rings. The number of aromatic nitrogens is 2. The van der Waals surface area contributed by atoms with Gasteiger partial charge in [-0.05, 0) is 97.0 Å². The first-order valence-electron chi connectivity index (χ1n) is 22.3. The van der Waals surface area contributed by atoms with E-state index in [1.807, 2.05) is 24.3 Å². The molecule has 0 aliphatic carbocycles. The van der Waals surface area contributed by atoms with Crippen LogP contribution in [-0.2, 0) is 0 Å². The van der Waals surface area contributed by atoms with E-state index >= 15 is 0 Å². The molecule has 2 aromatic heterocycles. The van der Waals surface area contributed by atoms with E-state index in [1.165, 1.54) is 43.4 Å². The quantitative estimate of drug-likeness (QED) is 0.154. The van der Waals surface area contributed by atoms with Crippen LogP contribution in [0.5, 0.6) is 0 Å². The predicted molar refractivity (Wildman–Crippen MR) is 264 cm³/mol. The molecule has 0 unspecified atom stereocenters. The molecule has 288 valence electrons. The van der Waals surface area contributed by atoms with Crippen LogP contribution >= 0.6 is 0 Å². The average molecular weight is 789 g/mol. The standard InChI is InChI=1S/C60H38N2/c1-3-20-40(21-4-1)61-56-36-11-9-25-45(56)52-34-16-32-50(59(52)61)43-27-14-30-48-54(43)38-55-44(28-15-31-49(55)58(48)47-29-13-19-39-18-7-8-24-42(39)47)51-33-17-35-53-46-26-10-12-37-57(46)62(60(51)53)41-22-5-2-6-23-41/h1-38H/i11D,12D. The molecule has 0 amide bonds. The number of benzene rings is 11. The fraction of sp³-hybridized carbons (Fsp3) is 0. The molecule has 0 aliphatic rings. The first-order chi connectivity index (χ1) is 31.6. The minimum absolute atomic E-state index is 0.486. The minimum Gasteiger partial charge on any atom is -0.309 e. The van der Waals surface area contributed by atoms with Crippen LogP contribution in [-0.4, -0.2) is 9.13 Å². The average Bonchev–Trinajstić information content (AvgIpc) is 3.85.